The van der Waals surface area contributed by atoms with Crippen LogP contribution in [0.5, 0.6) is 0 Å². The van der Waals surface area contributed by atoms with Gasteiger partial charge in [-0.3, -0.25) is 0 Å². The molecule has 2 atom stereocenters. The lowest BCUT2D eigenvalue weighted by Gasteiger charge is -2.38. The summed E-state index contributed by atoms with van der Waals surface area (Å²) in [7, 11) is 0. The lowest BCUT2D eigenvalue weighted by molar-refractivity contribution is 0.292. The molecule has 3 fully saturated rings. The topological polar surface area (TPSA) is 56.3 Å². The summed E-state index contributed by atoms with van der Waals surface area (Å²) in [6.45, 7) is 9.47. The van der Waals surface area contributed by atoms with Gasteiger partial charge in [-0.1, -0.05) is 45.2 Å². The summed E-state index contributed by atoms with van der Waals surface area (Å²) in [5.74, 6) is 3.63. The van der Waals surface area contributed by atoms with E-state index in [1.165, 1.54) is 50.5 Å². The zero-order valence-corrected chi connectivity index (χ0v) is 23.8. The molecule has 206 valence electrons. The molecule has 0 spiro atoms. The van der Waals surface area contributed by atoms with Gasteiger partial charge in [-0.15, -0.1) is 0 Å². The van der Waals surface area contributed by atoms with E-state index in [9.17, 15) is 4.39 Å². The number of thiocarbonyl (C=S) groups is 1. The lowest BCUT2D eigenvalue weighted by atomic mass is 9.69. The van der Waals surface area contributed by atoms with E-state index in [0.717, 1.165) is 50.7 Å². The van der Waals surface area contributed by atoms with E-state index < -0.39 is 0 Å². The molecule has 2 N–H and O–H groups in total. The summed E-state index contributed by atoms with van der Waals surface area (Å²) in [4.78, 5) is 14.7. The SMILES string of the molecule is CC1CC(C)CN(c2cc(N3CCCCC3)nc(NC(=S)NCC3(c4ccc(F)cc4)CCCCC3)n2)C1. The molecule has 0 bridgehead atoms. The zero-order valence-electron chi connectivity index (χ0n) is 23.0. The van der Waals surface area contributed by atoms with Crippen LogP contribution in [0.1, 0.15) is 77.2 Å². The number of anilines is 3. The van der Waals surface area contributed by atoms with Crippen LogP contribution in [-0.4, -0.2) is 47.8 Å². The van der Waals surface area contributed by atoms with E-state index in [0.29, 0.717) is 29.4 Å². The molecule has 0 amide bonds. The maximum Gasteiger partial charge on any atom is 0.232 e. The molecule has 1 aromatic carbocycles. The first-order valence-corrected chi connectivity index (χ1v) is 15.0. The van der Waals surface area contributed by atoms with Crippen LogP contribution in [0.4, 0.5) is 22.0 Å². The highest BCUT2D eigenvalue weighted by Gasteiger charge is 2.34. The van der Waals surface area contributed by atoms with Crippen molar-refractivity contribution in [3.63, 3.8) is 0 Å². The maximum atomic E-state index is 13.6. The number of benzene rings is 1. The fourth-order valence-corrected chi connectivity index (χ4v) is 6.93. The van der Waals surface area contributed by atoms with Crippen LogP contribution < -0.4 is 20.4 Å². The smallest absolute Gasteiger partial charge is 0.232 e. The van der Waals surface area contributed by atoms with Crippen molar-refractivity contribution in [1.82, 2.24) is 15.3 Å². The van der Waals surface area contributed by atoms with Gasteiger partial charge in [-0.05, 0) is 80.3 Å². The molecule has 38 heavy (non-hydrogen) atoms. The number of rotatable bonds is 6. The quantitative estimate of drug-likeness (QED) is 0.420. The molecule has 1 aliphatic carbocycles. The normalized spacial score (nSPS) is 23.7. The minimum Gasteiger partial charge on any atom is -0.361 e. The molecular weight excluding hydrogens is 495 g/mol. The maximum absolute atomic E-state index is 13.6. The summed E-state index contributed by atoms with van der Waals surface area (Å²) in [5, 5.41) is 7.35. The van der Waals surface area contributed by atoms with Crippen LogP contribution in [-0.2, 0) is 5.41 Å². The van der Waals surface area contributed by atoms with E-state index in [1.54, 1.807) is 12.1 Å². The zero-order chi connectivity index (χ0) is 26.5. The molecule has 0 radical (unpaired) electrons. The minimum atomic E-state index is -0.191. The van der Waals surface area contributed by atoms with Gasteiger partial charge >= 0.3 is 0 Å². The van der Waals surface area contributed by atoms with Gasteiger partial charge in [0.05, 0.1) is 0 Å². The fraction of sp³-hybridized carbons (Fsp3) is 0.633. The van der Waals surface area contributed by atoms with E-state index in [-0.39, 0.29) is 11.2 Å². The first-order chi connectivity index (χ1) is 18.4. The molecule has 3 aliphatic rings. The second-order valence-electron chi connectivity index (χ2n) is 12.0. The van der Waals surface area contributed by atoms with Gasteiger partial charge in [0, 0.05) is 44.2 Å². The average molecular weight is 539 g/mol. The Morgan fingerprint density at radius 3 is 2.18 bits per heavy atom. The molecule has 2 aromatic rings. The molecule has 2 unspecified atom stereocenters. The Kier molecular flexibility index (Phi) is 8.66. The van der Waals surface area contributed by atoms with Crippen molar-refractivity contribution >= 4 is 34.9 Å². The fourth-order valence-electron chi connectivity index (χ4n) is 6.77. The van der Waals surface area contributed by atoms with E-state index >= 15 is 0 Å². The standard InChI is InChI=1S/C30H43FN6S/c1-22-17-23(2)20-37(19-22)27-18-26(36-15-7-4-8-16-36)33-28(34-27)35-29(38)32-21-30(13-5-3-6-14-30)24-9-11-25(31)12-10-24/h9-12,18,22-23H,3-8,13-17,19-21H2,1-2H3,(H2,32,33,34,35,38). The second kappa shape index (κ2) is 12.1. The number of nitrogens with zero attached hydrogens (tertiary/aromatic N) is 4. The van der Waals surface area contributed by atoms with Gasteiger partial charge in [0.25, 0.3) is 0 Å². The summed E-state index contributed by atoms with van der Waals surface area (Å²) < 4.78 is 13.6. The number of hydrogen-bond donors (Lipinski definition) is 2. The predicted octanol–water partition coefficient (Wildman–Crippen LogP) is 6.28. The van der Waals surface area contributed by atoms with Crippen molar-refractivity contribution in [2.75, 3.05) is 47.8 Å². The Labute approximate surface area is 232 Å². The third kappa shape index (κ3) is 6.56. The number of halogens is 1. The largest absolute Gasteiger partial charge is 0.361 e. The van der Waals surface area contributed by atoms with Crippen molar-refractivity contribution in [2.45, 2.75) is 77.0 Å². The summed E-state index contributed by atoms with van der Waals surface area (Å²) in [5.41, 5.74) is 1.15. The van der Waals surface area contributed by atoms with Crippen molar-refractivity contribution in [3.05, 3.63) is 41.7 Å². The predicted molar refractivity (Wildman–Crippen MR) is 159 cm³/mol. The molecule has 1 saturated carbocycles. The van der Waals surface area contributed by atoms with Gasteiger partial charge in [0.2, 0.25) is 5.95 Å². The molecule has 8 heteroatoms. The third-order valence-corrected chi connectivity index (χ3v) is 8.90. The number of hydrogen-bond acceptors (Lipinski definition) is 5. The molecule has 3 heterocycles. The summed E-state index contributed by atoms with van der Waals surface area (Å²) in [6.07, 6.45) is 10.7. The summed E-state index contributed by atoms with van der Waals surface area (Å²) in [6, 6.07) is 9.20. The number of piperidine rings is 2. The lowest BCUT2D eigenvalue weighted by Crippen LogP contribution is -2.44. The van der Waals surface area contributed by atoms with Crippen LogP contribution in [0.2, 0.25) is 0 Å². The highest BCUT2D eigenvalue weighted by Crippen LogP contribution is 2.39. The molecule has 5 rings (SSSR count). The Morgan fingerprint density at radius 2 is 1.53 bits per heavy atom. The first kappa shape index (κ1) is 27.1. The van der Waals surface area contributed by atoms with Crippen LogP contribution in [0, 0.1) is 17.7 Å². The van der Waals surface area contributed by atoms with Crippen LogP contribution in [0.25, 0.3) is 0 Å². The van der Waals surface area contributed by atoms with Gasteiger partial charge in [-0.25, -0.2) is 4.39 Å². The Balaban J connectivity index is 1.33. The van der Waals surface area contributed by atoms with Crippen LogP contribution in [0.15, 0.2) is 30.3 Å². The monoisotopic (exact) mass is 538 g/mol. The Hall–Kier alpha value is -2.48. The number of nitrogens with one attached hydrogen (secondary N) is 2. The highest BCUT2D eigenvalue weighted by molar-refractivity contribution is 7.80. The van der Waals surface area contributed by atoms with Crippen molar-refractivity contribution in [1.29, 1.82) is 0 Å². The van der Waals surface area contributed by atoms with Gasteiger partial charge in [-0.2, -0.15) is 9.97 Å². The second-order valence-corrected chi connectivity index (χ2v) is 12.4. The third-order valence-electron chi connectivity index (χ3n) is 8.65. The van der Waals surface area contributed by atoms with Gasteiger partial charge < -0.3 is 20.4 Å². The van der Waals surface area contributed by atoms with Crippen LogP contribution in [0.3, 0.4) is 0 Å². The Bertz CT molecular complexity index is 1070. The van der Waals surface area contributed by atoms with Crippen molar-refractivity contribution in [3.8, 4) is 0 Å². The Morgan fingerprint density at radius 1 is 0.921 bits per heavy atom. The van der Waals surface area contributed by atoms with Gasteiger partial charge in [0.15, 0.2) is 5.11 Å². The van der Waals surface area contributed by atoms with E-state index in [2.05, 4.69) is 40.3 Å². The molecule has 2 saturated heterocycles. The summed E-state index contributed by atoms with van der Waals surface area (Å²) >= 11 is 5.77. The van der Waals surface area contributed by atoms with Crippen LogP contribution >= 0.6 is 12.2 Å². The highest BCUT2D eigenvalue weighted by atomic mass is 32.1. The molecule has 6 nitrogen and oxygen atoms in total. The molecule has 2 aliphatic heterocycles. The first-order valence-electron chi connectivity index (χ1n) is 14.6. The van der Waals surface area contributed by atoms with E-state index in [4.69, 9.17) is 22.2 Å². The molecule has 1 aromatic heterocycles. The molecular formula is C30H43FN6S. The van der Waals surface area contributed by atoms with Crippen molar-refractivity contribution < 1.29 is 4.39 Å². The minimum absolute atomic E-state index is 0.0422. The number of aromatic nitrogens is 2. The van der Waals surface area contributed by atoms with Crippen molar-refractivity contribution in [2.24, 2.45) is 11.8 Å². The van der Waals surface area contributed by atoms with Gasteiger partial charge in [0.1, 0.15) is 17.5 Å². The van der Waals surface area contributed by atoms with E-state index in [1.807, 2.05) is 12.1 Å². The average Bonchev–Trinajstić information content (AvgIpc) is 2.92.